The third-order valence-electron chi connectivity index (χ3n) is 3.13. The van der Waals surface area contributed by atoms with E-state index >= 15 is 0 Å². The Kier molecular flexibility index (Phi) is 5.49. The zero-order valence-electron chi connectivity index (χ0n) is 11.4. The maximum atomic E-state index is 5.39. The predicted molar refractivity (Wildman–Crippen MR) is 89.1 cm³/mol. The molecular weight excluding hydrogens is 384 g/mol. The van der Waals surface area contributed by atoms with Crippen LogP contribution in [0.2, 0.25) is 0 Å². The summed E-state index contributed by atoms with van der Waals surface area (Å²) in [5, 5.41) is 0. The van der Waals surface area contributed by atoms with Gasteiger partial charge in [0.15, 0.2) is 0 Å². The number of halogens is 2. The molecule has 2 rings (SSSR count). The lowest BCUT2D eigenvalue weighted by atomic mass is 10.0. The van der Waals surface area contributed by atoms with Gasteiger partial charge in [-0.15, -0.1) is 0 Å². The van der Waals surface area contributed by atoms with Gasteiger partial charge in [0, 0.05) is 4.83 Å². The Labute approximate surface area is 136 Å². The quantitative estimate of drug-likeness (QED) is 0.647. The van der Waals surface area contributed by atoms with Crippen molar-refractivity contribution in [3.63, 3.8) is 0 Å². The molecule has 0 fully saturated rings. The Balaban J connectivity index is 2.19. The third-order valence-corrected chi connectivity index (χ3v) is 4.60. The highest BCUT2D eigenvalue weighted by atomic mass is 79.9. The fraction of sp³-hybridized carbons (Fsp3) is 0.250. The summed E-state index contributed by atoms with van der Waals surface area (Å²) in [4.78, 5) is 0.223. The van der Waals surface area contributed by atoms with Crippen molar-refractivity contribution in [1.82, 2.24) is 0 Å². The minimum Gasteiger partial charge on any atom is -0.496 e. The number of ether oxygens (including phenoxy) is 2. The third kappa shape index (κ3) is 3.55. The van der Waals surface area contributed by atoms with Crippen LogP contribution in [-0.4, -0.2) is 14.2 Å². The Morgan fingerprint density at radius 2 is 1.70 bits per heavy atom. The van der Waals surface area contributed by atoms with Gasteiger partial charge in [0.25, 0.3) is 0 Å². The van der Waals surface area contributed by atoms with Crippen LogP contribution in [0.4, 0.5) is 0 Å². The van der Waals surface area contributed by atoms with Crippen molar-refractivity contribution in [1.29, 1.82) is 0 Å². The number of hydrogen-bond acceptors (Lipinski definition) is 2. The van der Waals surface area contributed by atoms with E-state index in [9.17, 15) is 0 Å². The summed E-state index contributed by atoms with van der Waals surface area (Å²) in [6, 6.07) is 14.2. The SMILES string of the molecule is COc1ccc(C(Br)Cc2ccccc2OC)cc1Br. The lowest BCUT2D eigenvalue weighted by molar-refractivity contribution is 0.409. The molecule has 20 heavy (non-hydrogen) atoms. The van der Waals surface area contributed by atoms with Gasteiger partial charge in [-0.2, -0.15) is 0 Å². The molecule has 4 heteroatoms. The van der Waals surface area contributed by atoms with Crippen LogP contribution in [0.3, 0.4) is 0 Å². The normalized spacial score (nSPS) is 12.0. The van der Waals surface area contributed by atoms with Crippen molar-refractivity contribution in [3.05, 3.63) is 58.1 Å². The molecule has 2 aromatic rings. The van der Waals surface area contributed by atoms with Gasteiger partial charge in [0.05, 0.1) is 18.7 Å². The second-order valence-electron chi connectivity index (χ2n) is 4.38. The summed E-state index contributed by atoms with van der Waals surface area (Å²) in [5.74, 6) is 1.76. The van der Waals surface area contributed by atoms with Crippen LogP contribution in [0.15, 0.2) is 46.9 Å². The Morgan fingerprint density at radius 3 is 2.35 bits per heavy atom. The molecule has 1 unspecified atom stereocenters. The highest BCUT2D eigenvalue weighted by Crippen LogP contribution is 2.34. The highest BCUT2D eigenvalue weighted by molar-refractivity contribution is 9.10. The summed E-state index contributed by atoms with van der Waals surface area (Å²) in [7, 11) is 3.37. The first-order valence-corrected chi connectivity index (χ1v) is 7.96. The van der Waals surface area contributed by atoms with E-state index in [1.54, 1.807) is 14.2 Å². The first-order valence-electron chi connectivity index (χ1n) is 6.25. The molecule has 0 radical (unpaired) electrons. The number of methoxy groups -OCH3 is 2. The molecule has 0 aliphatic heterocycles. The van der Waals surface area contributed by atoms with Crippen molar-refractivity contribution in [2.75, 3.05) is 14.2 Å². The molecule has 2 nitrogen and oxygen atoms in total. The second kappa shape index (κ2) is 7.14. The standard InChI is InChI=1S/C16H16Br2O2/c1-19-15-6-4-3-5-12(15)10-13(17)11-7-8-16(20-2)14(18)9-11/h3-9,13H,10H2,1-2H3. The minimum atomic E-state index is 0.223. The smallest absolute Gasteiger partial charge is 0.133 e. The van der Waals surface area contributed by atoms with Gasteiger partial charge >= 0.3 is 0 Å². The lowest BCUT2D eigenvalue weighted by Gasteiger charge is -2.14. The van der Waals surface area contributed by atoms with Crippen molar-refractivity contribution < 1.29 is 9.47 Å². The van der Waals surface area contributed by atoms with E-state index in [1.807, 2.05) is 24.3 Å². The molecule has 106 valence electrons. The molecule has 0 aromatic heterocycles. The van der Waals surface area contributed by atoms with Crippen LogP contribution >= 0.6 is 31.9 Å². The molecule has 0 aliphatic carbocycles. The van der Waals surface area contributed by atoms with Gasteiger partial charge in [0.2, 0.25) is 0 Å². The monoisotopic (exact) mass is 398 g/mol. The number of benzene rings is 2. The molecule has 0 saturated heterocycles. The molecule has 0 spiro atoms. The molecule has 0 amide bonds. The fourth-order valence-electron chi connectivity index (χ4n) is 2.06. The van der Waals surface area contributed by atoms with Gasteiger partial charge in [-0.25, -0.2) is 0 Å². The van der Waals surface area contributed by atoms with Gasteiger partial charge in [-0.05, 0) is 51.7 Å². The molecule has 2 aromatic carbocycles. The van der Waals surface area contributed by atoms with Gasteiger partial charge in [0.1, 0.15) is 11.5 Å². The molecule has 0 heterocycles. The van der Waals surface area contributed by atoms with Crippen molar-refractivity contribution >= 4 is 31.9 Å². The van der Waals surface area contributed by atoms with E-state index in [1.165, 1.54) is 11.1 Å². The summed E-state index contributed by atoms with van der Waals surface area (Å²) in [5.41, 5.74) is 2.38. The maximum absolute atomic E-state index is 5.39. The maximum Gasteiger partial charge on any atom is 0.133 e. The average Bonchev–Trinajstić information content (AvgIpc) is 2.47. The van der Waals surface area contributed by atoms with E-state index in [2.05, 4.69) is 50.1 Å². The summed E-state index contributed by atoms with van der Waals surface area (Å²) in [6.07, 6.45) is 0.864. The van der Waals surface area contributed by atoms with E-state index in [0.717, 1.165) is 22.4 Å². The number of hydrogen-bond donors (Lipinski definition) is 0. The second-order valence-corrected chi connectivity index (χ2v) is 6.34. The molecule has 0 bridgehead atoms. The van der Waals surface area contributed by atoms with E-state index in [4.69, 9.17) is 9.47 Å². The summed E-state index contributed by atoms with van der Waals surface area (Å²) in [6.45, 7) is 0. The fourth-order valence-corrected chi connectivity index (χ4v) is 3.25. The number of para-hydroxylation sites is 1. The molecule has 0 aliphatic rings. The van der Waals surface area contributed by atoms with Crippen LogP contribution in [0.1, 0.15) is 16.0 Å². The molecule has 1 atom stereocenters. The van der Waals surface area contributed by atoms with E-state index in [-0.39, 0.29) is 4.83 Å². The Morgan fingerprint density at radius 1 is 1.00 bits per heavy atom. The Hall–Kier alpha value is -1.00. The number of alkyl halides is 1. The average molecular weight is 400 g/mol. The zero-order chi connectivity index (χ0) is 14.5. The molecule has 0 saturated carbocycles. The van der Waals surface area contributed by atoms with Crippen LogP contribution in [0, 0.1) is 0 Å². The van der Waals surface area contributed by atoms with Crippen LogP contribution in [0.25, 0.3) is 0 Å². The van der Waals surface area contributed by atoms with Crippen LogP contribution in [0.5, 0.6) is 11.5 Å². The van der Waals surface area contributed by atoms with Gasteiger partial charge in [-0.1, -0.05) is 40.2 Å². The van der Waals surface area contributed by atoms with Crippen molar-refractivity contribution in [2.45, 2.75) is 11.2 Å². The summed E-state index contributed by atoms with van der Waals surface area (Å²) >= 11 is 7.27. The lowest BCUT2D eigenvalue weighted by Crippen LogP contribution is -1.98. The van der Waals surface area contributed by atoms with Crippen LogP contribution < -0.4 is 9.47 Å². The van der Waals surface area contributed by atoms with Gasteiger partial charge in [-0.3, -0.25) is 0 Å². The topological polar surface area (TPSA) is 18.5 Å². The van der Waals surface area contributed by atoms with Crippen molar-refractivity contribution in [3.8, 4) is 11.5 Å². The van der Waals surface area contributed by atoms with E-state index < -0.39 is 0 Å². The first kappa shape index (κ1) is 15.4. The van der Waals surface area contributed by atoms with E-state index in [0.29, 0.717) is 0 Å². The van der Waals surface area contributed by atoms with Crippen molar-refractivity contribution in [2.24, 2.45) is 0 Å². The minimum absolute atomic E-state index is 0.223. The van der Waals surface area contributed by atoms with Crippen LogP contribution in [-0.2, 0) is 6.42 Å². The van der Waals surface area contributed by atoms with Gasteiger partial charge < -0.3 is 9.47 Å². The zero-order valence-corrected chi connectivity index (χ0v) is 14.6. The molecule has 0 N–H and O–H groups in total. The predicted octanol–water partition coefficient (Wildman–Crippen LogP) is 5.15. The largest absolute Gasteiger partial charge is 0.496 e. The number of rotatable bonds is 5. The molecular formula is C16H16Br2O2. The Bertz CT molecular complexity index is 584. The highest BCUT2D eigenvalue weighted by Gasteiger charge is 2.13. The first-order chi connectivity index (χ1) is 9.65. The summed E-state index contributed by atoms with van der Waals surface area (Å²) < 4.78 is 11.6.